The van der Waals surface area contributed by atoms with E-state index in [-0.39, 0.29) is 24.3 Å². The van der Waals surface area contributed by atoms with E-state index in [9.17, 15) is 22.6 Å². The summed E-state index contributed by atoms with van der Waals surface area (Å²) >= 11 is 0. The molecule has 7 nitrogen and oxygen atoms in total. The van der Waals surface area contributed by atoms with Crippen molar-refractivity contribution in [2.45, 2.75) is 173 Å². The van der Waals surface area contributed by atoms with Crippen molar-refractivity contribution < 1.29 is 32.0 Å². The summed E-state index contributed by atoms with van der Waals surface area (Å²) < 4.78 is 43.7. The third-order valence-corrected chi connectivity index (χ3v) is 9.36. The van der Waals surface area contributed by atoms with E-state index in [1.807, 2.05) is 0 Å². The van der Waals surface area contributed by atoms with E-state index < -0.39 is 27.0 Å². The van der Waals surface area contributed by atoms with Crippen molar-refractivity contribution in [3.63, 3.8) is 0 Å². The number of esters is 2. The fourth-order valence-corrected chi connectivity index (χ4v) is 6.01. The molecule has 0 fully saturated rings. The van der Waals surface area contributed by atoms with Gasteiger partial charge in [0.1, 0.15) is 0 Å². The highest BCUT2D eigenvalue weighted by atomic mass is 32.2. The lowest BCUT2D eigenvalue weighted by Crippen LogP contribution is -2.16. The topological polar surface area (TPSA) is 107 Å². The van der Waals surface area contributed by atoms with E-state index in [4.69, 9.17) is 9.47 Å². The summed E-state index contributed by atoms with van der Waals surface area (Å²) in [7, 11) is -4.56. The van der Waals surface area contributed by atoms with Crippen LogP contribution in [0, 0.1) is 0 Å². The molecule has 0 saturated carbocycles. The van der Waals surface area contributed by atoms with Crippen molar-refractivity contribution in [3.8, 4) is 0 Å². The van der Waals surface area contributed by atoms with Crippen LogP contribution in [0.5, 0.6) is 0 Å². The Labute approximate surface area is 293 Å². The zero-order chi connectivity index (χ0) is 35.1. The largest absolute Gasteiger partial charge is 0.462 e. The standard InChI is InChI=1S/C40H66O7S/c1-3-5-7-9-11-13-15-17-19-21-23-25-27-29-33-46-39(41)37-32-31-36(48(43,44)45)35-38(37)40(42)47-34-30-28-26-24-22-20-18-16-14-12-10-8-6-4-2/h13-16,31-32,35H,3-12,17-30,33-34H2,1-2H3,(H,43,44,45)/b15-13+,16-14+. The first-order valence-electron chi connectivity index (χ1n) is 19.1. The van der Waals surface area contributed by atoms with Gasteiger partial charge in [0.2, 0.25) is 0 Å². The van der Waals surface area contributed by atoms with Crippen molar-refractivity contribution >= 4 is 22.1 Å². The SMILES string of the molecule is CCCCCC/C=C/CCCCCCCCOC(=O)c1ccc(S(=O)(=O)O)cc1C(=O)OCCCCCCCC/C=C/CCCCCC. The van der Waals surface area contributed by atoms with Gasteiger partial charge in [-0.25, -0.2) is 9.59 Å². The number of carbonyl (C=O) groups excluding carboxylic acids is 2. The fraction of sp³-hybridized carbons (Fsp3) is 0.700. The molecule has 1 rings (SSSR count). The molecule has 274 valence electrons. The normalized spacial score (nSPS) is 11.9. The minimum Gasteiger partial charge on any atom is -0.462 e. The number of carbonyl (C=O) groups is 2. The third kappa shape index (κ3) is 23.0. The zero-order valence-corrected chi connectivity index (χ0v) is 31.0. The molecule has 0 saturated heterocycles. The predicted octanol–water partition coefficient (Wildman–Crippen LogP) is 11.8. The molecule has 1 aromatic carbocycles. The molecular formula is C40H66O7S. The molecule has 1 aromatic rings. The number of ether oxygens (including phenoxy) is 2. The van der Waals surface area contributed by atoms with Gasteiger partial charge in [-0.05, 0) is 82.4 Å². The van der Waals surface area contributed by atoms with Crippen LogP contribution in [-0.2, 0) is 19.6 Å². The van der Waals surface area contributed by atoms with Crippen LogP contribution in [0.1, 0.15) is 189 Å². The number of hydrogen-bond donors (Lipinski definition) is 1. The fourth-order valence-electron chi connectivity index (χ4n) is 5.51. The lowest BCUT2D eigenvalue weighted by Gasteiger charge is -2.11. The molecule has 1 N–H and O–H groups in total. The number of hydrogen-bond acceptors (Lipinski definition) is 6. The van der Waals surface area contributed by atoms with Gasteiger partial charge >= 0.3 is 11.9 Å². The van der Waals surface area contributed by atoms with Crippen LogP contribution in [-0.4, -0.2) is 38.1 Å². The summed E-state index contributed by atoms with van der Waals surface area (Å²) in [5.41, 5.74) is -0.288. The summed E-state index contributed by atoms with van der Waals surface area (Å²) in [6, 6.07) is 3.27. The highest BCUT2D eigenvalue weighted by molar-refractivity contribution is 7.85. The van der Waals surface area contributed by atoms with Crippen LogP contribution in [0.15, 0.2) is 47.4 Å². The molecule has 8 heteroatoms. The number of benzene rings is 1. The molecule has 48 heavy (non-hydrogen) atoms. The maximum atomic E-state index is 12.9. The van der Waals surface area contributed by atoms with Crippen molar-refractivity contribution in [1.82, 2.24) is 0 Å². The van der Waals surface area contributed by atoms with Gasteiger partial charge in [0.05, 0.1) is 29.2 Å². The molecule has 0 radical (unpaired) electrons. The summed E-state index contributed by atoms with van der Waals surface area (Å²) in [5, 5.41) is 0. The molecule has 0 aliphatic carbocycles. The smallest absolute Gasteiger partial charge is 0.339 e. The van der Waals surface area contributed by atoms with Gasteiger partial charge in [0, 0.05) is 0 Å². The predicted molar refractivity (Wildman–Crippen MR) is 197 cm³/mol. The van der Waals surface area contributed by atoms with Crippen molar-refractivity contribution in [2.24, 2.45) is 0 Å². The van der Waals surface area contributed by atoms with E-state index in [0.717, 1.165) is 63.5 Å². The van der Waals surface area contributed by atoms with Crippen LogP contribution >= 0.6 is 0 Å². The summed E-state index contributed by atoms with van der Waals surface area (Å²) in [6.07, 6.45) is 36.6. The quantitative estimate of drug-likeness (QED) is 0.0357. The Morgan fingerprint density at radius 1 is 0.542 bits per heavy atom. The molecule has 0 amide bonds. The maximum Gasteiger partial charge on any atom is 0.339 e. The average Bonchev–Trinajstić information content (AvgIpc) is 3.07. The lowest BCUT2D eigenvalue weighted by atomic mass is 10.1. The van der Waals surface area contributed by atoms with E-state index in [0.29, 0.717) is 12.8 Å². The molecule has 0 aliphatic rings. The van der Waals surface area contributed by atoms with Crippen LogP contribution in [0.2, 0.25) is 0 Å². The second-order valence-corrected chi connectivity index (χ2v) is 14.3. The second kappa shape index (κ2) is 29.5. The summed E-state index contributed by atoms with van der Waals surface area (Å²) in [5.74, 6) is -1.52. The molecule has 0 heterocycles. The monoisotopic (exact) mass is 690 g/mol. The zero-order valence-electron chi connectivity index (χ0n) is 30.2. The van der Waals surface area contributed by atoms with Gasteiger partial charge in [0.15, 0.2) is 0 Å². The van der Waals surface area contributed by atoms with Crippen LogP contribution < -0.4 is 0 Å². The molecule has 0 atom stereocenters. The Kier molecular flexibility index (Phi) is 26.7. The number of unbranched alkanes of at least 4 members (excludes halogenated alkanes) is 20. The first kappa shape index (κ1) is 43.6. The van der Waals surface area contributed by atoms with Crippen molar-refractivity contribution in [3.05, 3.63) is 53.6 Å². The first-order valence-corrected chi connectivity index (χ1v) is 20.5. The van der Waals surface area contributed by atoms with E-state index in [1.54, 1.807) is 0 Å². The highest BCUT2D eigenvalue weighted by Crippen LogP contribution is 2.19. The Hall–Kier alpha value is -2.45. The average molecular weight is 691 g/mol. The molecule has 0 spiro atoms. The number of allylic oxidation sites excluding steroid dienone is 4. The number of rotatable bonds is 31. The first-order chi connectivity index (χ1) is 23.3. The molecule has 0 aliphatic heterocycles. The van der Waals surface area contributed by atoms with E-state index >= 15 is 0 Å². The van der Waals surface area contributed by atoms with Crippen molar-refractivity contribution in [2.75, 3.05) is 13.2 Å². The van der Waals surface area contributed by atoms with E-state index in [2.05, 4.69) is 38.2 Å². The molecule has 0 bridgehead atoms. The third-order valence-electron chi connectivity index (χ3n) is 8.51. The Balaban J connectivity index is 2.32. The molecular weight excluding hydrogens is 624 g/mol. The van der Waals surface area contributed by atoms with E-state index in [1.165, 1.54) is 96.0 Å². The van der Waals surface area contributed by atoms with Crippen LogP contribution in [0.3, 0.4) is 0 Å². The van der Waals surface area contributed by atoms with Gasteiger partial charge in [-0.15, -0.1) is 0 Å². The lowest BCUT2D eigenvalue weighted by molar-refractivity contribution is 0.0450. The van der Waals surface area contributed by atoms with Gasteiger partial charge in [-0.3, -0.25) is 4.55 Å². The molecule has 0 unspecified atom stereocenters. The highest BCUT2D eigenvalue weighted by Gasteiger charge is 2.23. The minimum atomic E-state index is -4.56. The Morgan fingerprint density at radius 2 is 0.896 bits per heavy atom. The maximum absolute atomic E-state index is 12.9. The van der Waals surface area contributed by atoms with Gasteiger partial charge < -0.3 is 9.47 Å². The minimum absolute atomic E-state index is 0.0687. The Morgan fingerprint density at radius 3 is 1.29 bits per heavy atom. The van der Waals surface area contributed by atoms with Gasteiger partial charge in [-0.1, -0.05) is 128 Å². The second-order valence-electron chi connectivity index (χ2n) is 12.9. The van der Waals surface area contributed by atoms with Gasteiger partial charge in [0.25, 0.3) is 10.1 Å². The Bertz CT molecular complexity index is 1140. The molecule has 0 aromatic heterocycles. The van der Waals surface area contributed by atoms with Crippen molar-refractivity contribution in [1.29, 1.82) is 0 Å². The summed E-state index contributed by atoms with van der Waals surface area (Å²) in [6.45, 7) is 4.84. The van der Waals surface area contributed by atoms with Crippen LogP contribution in [0.4, 0.5) is 0 Å². The summed E-state index contributed by atoms with van der Waals surface area (Å²) in [4.78, 5) is 25.2. The van der Waals surface area contributed by atoms with Crippen LogP contribution in [0.25, 0.3) is 0 Å². The van der Waals surface area contributed by atoms with Gasteiger partial charge in [-0.2, -0.15) is 8.42 Å².